The van der Waals surface area contributed by atoms with E-state index in [1.165, 1.54) is 0 Å². The first-order chi connectivity index (χ1) is 10.1. The molecule has 110 valence electrons. The van der Waals surface area contributed by atoms with Crippen LogP contribution in [0.3, 0.4) is 0 Å². The standard InChI is InChI=1S/C15H16ClN3O2/c1-9-12-14(18-21-9)13-10(16)5-4-6-11(13)19(15(12)20)8-3-2-7-17/h4-6H,2-3,7-8,17H2,1H3. The van der Waals surface area contributed by atoms with E-state index in [0.717, 1.165) is 23.7 Å². The largest absolute Gasteiger partial charge is 0.360 e. The maximum Gasteiger partial charge on any atom is 0.264 e. The number of rotatable bonds is 4. The highest BCUT2D eigenvalue weighted by Gasteiger charge is 2.18. The fourth-order valence-corrected chi connectivity index (χ4v) is 2.91. The average molecular weight is 306 g/mol. The normalized spacial score (nSPS) is 11.6. The van der Waals surface area contributed by atoms with Gasteiger partial charge in [-0.3, -0.25) is 4.79 Å². The molecule has 0 saturated heterocycles. The van der Waals surface area contributed by atoms with Gasteiger partial charge in [-0.1, -0.05) is 22.8 Å². The van der Waals surface area contributed by atoms with E-state index in [2.05, 4.69) is 5.16 Å². The van der Waals surface area contributed by atoms with Gasteiger partial charge in [-0.15, -0.1) is 0 Å². The molecule has 21 heavy (non-hydrogen) atoms. The van der Waals surface area contributed by atoms with E-state index < -0.39 is 0 Å². The number of fused-ring (bicyclic) bond motifs is 3. The third-order valence-corrected chi connectivity index (χ3v) is 3.99. The molecule has 2 aromatic heterocycles. The topological polar surface area (TPSA) is 74.0 Å². The van der Waals surface area contributed by atoms with E-state index in [1.807, 2.05) is 12.1 Å². The van der Waals surface area contributed by atoms with Crippen LogP contribution < -0.4 is 11.3 Å². The molecule has 0 atom stereocenters. The Morgan fingerprint density at radius 1 is 1.33 bits per heavy atom. The molecule has 2 heterocycles. The molecule has 0 aliphatic rings. The Hall–Kier alpha value is -1.85. The molecule has 5 nitrogen and oxygen atoms in total. The summed E-state index contributed by atoms with van der Waals surface area (Å²) in [4.78, 5) is 12.7. The smallest absolute Gasteiger partial charge is 0.264 e. The van der Waals surface area contributed by atoms with Gasteiger partial charge in [0.15, 0.2) is 0 Å². The molecule has 0 unspecified atom stereocenters. The van der Waals surface area contributed by atoms with Crippen molar-refractivity contribution in [3.8, 4) is 0 Å². The zero-order valence-electron chi connectivity index (χ0n) is 11.7. The molecule has 6 heteroatoms. The van der Waals surface area contributed by atoms with E-state index in [0.29, 0.717) is 34.8 Å². The van der Waals surface area contributed by atoms with Gasteiger partial charge in [0.05, 0.1) is 10.5 Å². The van der Waals surface area contributed by atoms with Crippen molar-refractivity contribution in [1.29, 1.82) is 0 Å². The van der Waals surface area contributed by atoms with Crippen LogP contribution in [-0.2, 0) is 6.54 Å². The fraction of sp³-hybridized carbons (Fsp3) is 0.333. The maximum absolute atomic E-state index is 12.7. The average Bonchev–Trinajstić information content (AvgIpc) is 2.84. The Balaban J connectivity index is 2.37. The molecule has 3 aromatic rings. The number of aryl methyl sites for hydroxylation is 2. The molecule has 0 radical (unpaired) electrons. The minimum Gasteiger partial charge on any atom is -0.360 e. The van der Waals surface area contributed by atoms with E-state index in [9.17, 15) is 4.79 Å². The molecular formula is C15H16ClN3O2. The molecule has 2 N–H and O–H groups in total. The zero-order valence-corrected chi connectivity index (χ0v) is 12.5. The number of nitrogens with zero attached hydrogens (tertiary/aromatic N) is 2. The SMILES string of the molecule is Cc1onc2c1c(=O)n(CCCCN)c1cccc(Cl)c21. The molecule has 0 saturated carbocycles. The predicted octanol–water partition coefficient (Wildman–Crippen LogP) is 2.84. The third-order valence-electron chi connectivity index (χ3n) is 3.68. The van der Waals surface area contributed by atoms with E-state index in [4.69, 9.17) is 21.9 Å². The number of benzene rings is 1. The van der Waals surface area contributed by atoms with Gasteiger partial charge in [-0.25, -0.2) is 0 Å². The maximum atomic E-state index is 12.7. The quantitative estimate of drug-likeness (QED) is 0.752. The van der Waals surface area contributed by atoms with Gasteiger partial charge in [0.25, 0.3) is 5.56 Å². The summed E-state index contributed by atoms with van der Waals surface area (Å²) in [6.07, 6.45) is 1.71. The van der Waals surface area contributed by atoms with Crippen LogP contribution in [0.25, 0.3) is 21.8 Å². The van der Waals surface area contributed by atoms with Crippen LogP contribution in [0.15, 0.2) is 27.5 Å². The molecular weight excluding hydrogens is 290 g/mol. The summed E-state index contributed by atoms with van der Waals surface area (Å²) < 4.78 is 6.94. The highest BCUT2D eigenvalue weighted by molar-refractivity contribution is 6.37. The van der Waals surface area contributed by atoms with Crippen molar-refractivity contribution in [1.82, 2.24) is 9.72 Å². The van der Waals surface area contributed by atoms with Gasteiger partial charge in [0.2, 0.25) is 0 Å². The summed E-state index contributed by atoms with van der Waals surface area (Å²) in [7, 11) is 0. The third kappa shape index (κ3) is 2.22. The first-order valence-electron chi connectivity index (χ1n) is 6.92. The van der Waals surface area contributed by atoms with Crippen molar-refractivity contribution in [2.45, 2.75) is 26.3 Å². The lowest BCUT2D eigenvalue weighted by Crippen LogP contribution is -2.21. The molecule has 0 aliphatic heterocycles. The van der Waals surface area contributed by atoms with Crippen molar-refractivity contribution in [3.63, 3.8) is 0 Å². The molecule has 0 fully saturated rings. The lowest BCUT2D eigenvalue weighted by atomic mass is 10.1. The second kappa shape index (κ2) is 5.50. The van der Waals surface area contributed by atoms with Gasteiger partial charge in [0, 0.05) is 11.9 Å². The molecule has 1 aromatic carbocycles. The second-order valence-corrected chi connectivity index (χ2v) is 5.46. The Kier molecular flexibility index (Phi) is 3.69. The number of hydrogen-bond donors (Lipinski definition) is 1. The molecule has 0 bridgehead atoms. The minimum absolute atomic E-state index is 0.0875. The summed E-state index contributed by atoms with van der Waals surface area (Å²) in [6, 6.07) is 5.51. The van der Waals surface area contributed by atoms with Crippen molar-refractivity contribution < 1.29 is 4.52 Å². The highest BCUT2D eigenvalue weighted by Crippen LogP contribution is 2.30. The number of unbranched alkanes of at least 4 members (excludes halogenated alkanes) is 1. The Bertz CT molecular complexity index is 867. The second-order valence-electron chi connectivity index (χ2n) is 5.05. The minimum atomic E-state index is -0.0875. The number of nitrogens with two attached hydrogens (primary N) is 1. The van der Waals surface area contributed by atoms with E-state index in [-0.39, 0.29) is 5.56 Å². The summed E-state index contributed by atoms with van der Waals surface area (Å²) in [5, 5.41) is 5.85. The number of hydrogen-bond acceptors (Lipinski definition) is 4. The van der Waals surface area contributed by atoms with Gasteiger partial charge in [-0.2, -0.15) is 0 Å². The monoisotopic (exact) mass is 305 g/mol. The Labute approximate surface area is 126 Å². The van der Waals surface area contributed by atoms with E-state index >= 15 is 0 Å². The fourth-order valence-electron chi connectivity index (χ4n) is 2.65. The number of halogens is 1. The van der Waals surface area contributed by atoms with Crippen molar-refractivity contribution in [3.05, 3.63) is 39.3 Å². The molecule has 0 amide bonds. The lowest BCUT2D eigenvalue weighted by Gasteiger charge is -2.11. The van der Waals surface area contributed by atoms with Gasteiger partial charge in [-0.05, 0) is 38.4 Å². The van der Waals surface area contributed by atoms with Crippen LogP contribution in [0.4, 0.5) is 0 Å². The van der Waals surface area contributed by atoms with Gasteiger partial charge < -0.3 is 14.8 Å². The van der Waals surface area contributed by atoms with E-state index in [1.54, 1.807) is 17.6 Å². The summed E-state index contributed by atoms with van der Waals surface area (Å²) in [6.45, 7) is 2.96. The molecule has 0 aliphatic carbocycles. The first kappa shape index (κ1) is 14.1. The summed E-state index contributed by atoms with van der Waals surface area (Å²) >= 11 is 6.31. The van der Waals surface area contributed by atoms with Crippen LogP contribution in [-0.4, -0.2) is 16.3 Å². The van der Waals surface area contributed by atoms with Crippen LogP contribution in [0.2, 0.25) is 5.02 Å². The first-order valence-corrected chi connectivity index (χ1v) is 7.30. The summed E-state index contributed by atoms with van der Waals surface area (Å²) in [5.74, 6) is 0.518. The van der Waals surface area contributed by atoms with Crippen LogP contribution in [0.5, 0.6) is 0 Å². The van der Waals surface area contributed by atoms with Crippen LogP contribution >= 0.6 is 11.6 Å². The molecule has 0 spiro atoms. The molecule has 3 rings (SSSR count). The Morgan fingerprint density at radius 3 is 2.90 bits per heavy atom. The van der Waals surface area contributed by atoms with Gasteiger partial charge in [0.1, 0.15) is 16.7 Å². The van der Waals surface area contributed by atoms with Crippen molar-refractivity contribution in [2.75, 3.05) is 6.54 Å². The highest BCUT2D eigenvalue weighted by atomic mass is 35.5. The number of aromatic nitrogens is 2. The van der Waals surface area contributed by atoms with Crippen LogP contribution in [0.1, 0.15) is 18.6 Å². The Morgan fingerprint density at radius 2 is 2.14 bits per heavy atom. The summed E-state index contributed by atoms with van der Waals surface area (Å²) in [5.41, 5.74) is 6.76. The zero-order chi connectivity index (χ0) is 15.0. The lowest BCUT2D eigenvalue weighted by molar-refractivity contribution is 0.406. The number of pyridine rings is 1. The predicted molar refractivity (Wildman–Crippen MR) is 83.8 cm³/mol. The van der Waals surface area contributed by atoms with Crippen molar-refractivity contribution in [2.24, 2.45) is 5.73 Å². The van der Waals surface area contributed by atoms with Gasteiger partial charge >= 0.3 is 0 Å². The van der Waals surface area contributed by atoms with Crippen molar-refractivity contribution >= 4 is 33.4 Å². The van der Waals surface area contributed by atoms with Crippen LogP contribution in [0, 0.1) is 6.92 Å².